The molecule has 0 fully saturated rings. The number of rotatable bonds is 6. The Labute approximate surface area is 173 Å². The van der Waals surface area contributed by atoms with E-state index in [1.165, 1.54) is 24.5 Å². The van der Waals surface area contributed by atoms with Gasteiger partial charge in [0.15, 0.2) is 0 Å². The summed E-state index contributed by atoms with van der Waals surface area (Å²) in [7, 11) is 0. The minimum Gasteiger partial charge on any atom is -0.487 e. The van der Waals surface area contributed by atoms with Crippen LogP contribution in [0.2, 0.25) is 5.02 Å². The van der Waals surface area contributed by atoms with Gasteiger partial charge in [0, 0.05) is 6.20 Å². The molecule has 3 rings (SSSR count). The molecular weight excluding hydrogens is 429 g/mol. The summed E-state index contributed by atoms with van der Waals surface area (Å²) in [5.74, 6) is 0.242. The Hall–Kier alpha value is -2.65. The first-order valence-corrected chi connectivity index (χ1v) is 9.48. The van der Waals surface area contributed by atoms with Crippen molar-refractivity contribution in [2.75, 3.05) is 0 Å². The molecule has 29 heavy (non-hydrogen) atoms. The van der Waals surface area contributed by atoms with Crippen LogP contribution in [0.25, 0.3) is 0 Å². The number of carbonyl (C=O) groups excluding carboxylic acids is 1. The number of thioether (sulfide) groups is 1. The molecule has 1 heterocycles. The molecule has 0 saturated carbocycles. The van der Waals surface area contributed by atoms with E-state index in [0.717, 1.165) is 22.7 Å². The average molecular weight is 443 g/mol. The SMILES string of the molecule is O=C(On1ccnc1)SC(c1ccc(OCc2ccccc2)c(Cl)c1)C(F)(F)F. The third kappa shape index (κ3) is 5.91. The second-order valence-electron chi connectivity index (χ2n) is 5.77. The monoisotopic (exact) mass is 442 g/mol. The summed E-state index contributed by atoms with van der Waals surface area (Å²) in [5, 5.41) is -3.28. The van der Waals surface area contributed by atoms with E-state index >= 15 is 0 Å². The molecule has 0 aliphatic rings. The maximum atomic E-state index is 13.5. The second-order valence-corrected chi connectivity index (χ2v) is 7.22. The lowest BCUT2D eigenvalue weighted by molar-refractivity contribution is -0.129. The van der Waals surface area contributed by atoms with Crippen LogP contribution in [0.5, 0.6) is 5.75 Å². The molecule has 2 aromatic carbocycles. The summed E-state index contributed by atoms with van der Waals surface area (Å²) < 4.78 is 47.1. The Kier molecular flexibility index (Phi) is 6.71. The molecule has 0 N–H and O–H groups in total. The molecule has 0 aliphatic heterocycles. The van der Waals surface area contributed by atoms with E-state index in [-0.39, 0.29) is 34.7 Å². The molecule has 0 aliphatic carbocycles. The van der Waals surface area contributed by atoms with E-state index in [2.05, 4.69) is 4.98 Å². The van der Waals surface area contributed by atoms with Crippen LogP contribution in [0.1, 0.15) is 16.4 Å². The number of imidazole rings is 1. The van der Waals surface area contributed by atoms with E-state index < -0.39 is 16.7 Å². The van der Waals surface area contributed by atoms with E-state index in [0.29, 0.717) is 0 Å². The van der Waals surface area contributed by atoms with Crippen LogP contribution in [0, 0.1) is 0 Å². The van der Waals surface area contributed by atoms with Crippen LogP contribution < -0.4 is 9.57 Å². The van der Waals surface area contributed by atoms with Crippen molar-refractivity contribution in [2.45, 2.75) is 18.0 Å². The van der Waals surface area contributed by atoms with Gasteiger partial charge in [-0.2, -0.15) is 17.9 Å². The van der Waals surface area contributed by atoms with Crippen molar-refractivity contribution in [2.24, 2.45) is 0 Å². The van der Waals surface area contributed by atoms with Gasteiger partial charge in [-0.15, -0.1) is 0 Å². The molecule has 0 bridgehead atoms. The Balaban J connectivity index is 1.72. The molecule has 1 atom stereocenters. The number of ether oxygens (including phenoxy) is 1. The van der Waals surface area contributed by atoms with Gasteiger partial charge in [0.05, 0.1) is 11.2 Å². The van der Waals surface area contributed by atoms with Crippen LogP contribution in [0.3, 0.4) is 0 Å². The fourth-order valence-electron chi connectivity index (χ4n) is 2.36. The molecule has 0 radical (unpaired) electrons. The van der Waals surface area contributed by atoms with E-state index in [1.54, 1.807) is 0 Å². The van der Waals surface area contributed by atoms with Gasteiger partial charge in [-0.25, -0.2) is 9.78 Å². The highest BCUT2D eigenvalue weighted by molar-refractivity contribution is 8.13. The maximum Gasteiger partial charge on any atom is 0.405 e. The predicted molar refractivity (Wildman–Crippen MR) is 103 cm³/mol. The minimum absolute atomic E-state index is 0.00643. The normalized spacial score (nSPS) is 12.4. The van der Waals surface area contributed by atoms with E-state index in [1.807, 2.05) is 30.3 Å². The second kappa shape index (κ2) is 9.23. The number of hydrogen-bond acceptors (Lipinski definition) is 5. The summed E-state index contributed by atoms with van der Waals surface area (Å²) in [6.45, 7) is 0.217. The highest BCUT2D eigenvalue weighted by Crippen LogP contribution is 2.45. The maximum absolute atomic E-state index is 13.5. The van der Waals surface area contributed by atoms with Crippen LogP contribution in [-0.2, 0) is 6.61 Å². The lowest BCUT2D eigenvalue weighted by atomic mass is 10.1. The molecule has 0 spiro atoms. The van der Waals surface area contributed by atoms with Crippen LogP contribution in [-0.4, -0.2) is 21.2 Å². The van der Waals surface area contributed by atoms with Gasteiger partial charge in [-0.05, 0) is 35.0 Å². The van der Waals surface area contributed by atoms with Gasteiger partial charge in [0.25, 0.3) is 0 Å². The number of halogens is 4. The number of nitrogens with zero attached hydrogens (tertiary/aromatic N) is 2. The Morgan fingerprint density at radius 2 is 1.97 bits per heavy atom. The summed E-state index contributed by atoms with van der Waals surface area (Å²) in [4.78, 5) is 20.3. The molecule has 152 valence electrons. The van der Waals surface area contributed by atoms with Crippen molar-refractivity contribution in [3.63, 3.8) is 0 Å². The Bertz CT molecular complexity index is 953. The summed E-state index contributed by atoms with van der Waals surface area (Å²) >= 11 is 6.10. The Morgan fingerprint density at radius 3 is 2.59 bits per heavy atom. The standard InChI is InChI=1S/C19H14ClF3N2O3S/c20-15-10-14(6-7-16(15)27-11-13-4-2-1-3-5-13)17(19(21,22)23)29-18(26)28-25-9-8-24-12-25/h1-10,12,17H,11H2. The van der Waals surface area contributed by atoms with Crippen molar-refractivity contribution in [1.82, 2.24) is 9.71 Å². The fraction of sp³-hybridized carbons (Fsp3) is 0.158. The van der Waals surface area contributed by atoms with Gasteiger partial charge < -0.3 is 9.57 Å². The smallest absolute Gasteiger partial charge is 0.405 e. The summed E-state index contributed by atoms with van der Waals surface area (Å²) in [6.07, 6.45) is -0.935. The number of aromatic nitrogens is 2. The van der Waals surface area contributed by atoms with Gasteiger partial charge >= 0.3 is 11.5 Å². The van der Waals surface area contributed by atoms with Crippen molar-refractivity contribution in [3.8, 4) is 5.75 Å². The lowest BCUT2D eigenvalue weighted by Gasteiger charge is -2.20. The molecule has 10 heteroatoms. The van der Waals surface area contributed by atoms with Crippen molar-refractivity contribution in [1.29, 1.82) is 0 Å². The van der Waals surface area contributed by atoms with Crippen LogP contribution in [0.4, 0.5) is 18.0 Å². The summed E-state index contributed by atoms with van der Waals surface area (Å²) in [6, 6.07) is 13.0. The average Bonchev–Trinajstić information content (AvgIpc) is 3.18. The van der Waals surface area contributed by atoms with Crippen molar-refractivity contribution in [3.05, 3.63) is 83.4 Å². The molecular formula is C19H14ClF3N2O3S. The van der Waals surface area contributed by atoms with Gasteiger partial charge in [-0.1, -0.05) is 48.0 Å². The van der Waals surface area contributed by atoms with E-state index in [4.69, 9.17) is 21.2 Å². The zero-order chi connectivity index (χ0) is 20.9. The highest BCUT2D eigenvalue weighted by atomic mass is 35.5. The first-order valence-electron chi connectivity index (χ1n) is 8.23. The summed E-state index contributed by atoms with van der Waals surface area (Å²) in [5.41, 5.74) is 0.695. The fourth-order valence-corrected chi connectivity index (χ4v) is 3.34. The topological polar surface area (TPSA) is 53.4 Å². The third-order valence-corrected chi connectivity index (χ3v) is 5.00. The molecule has 1 unspecified atom stereocenters. The molecule has 3 aromatic rings. The third-order valence-electron chi connectivity index (χ3n) is 3.67. The number of alkyl halides is 3. The predicted octanol–water partition coefficient (Wildman–Crippen LogP) is 5.70. The molecule has 0 saturated heterocycles. The lowest BCUT2D eigenvalue weighted by Crippen LogP contribution is -2.22. The van der Waals surface area contributed by atoms with Crippen LogP contribution >= 0.6 is 23.4 Å². The van der Waals surface area contributed by atoms with Crippen molar-refractivity contribution < 1.29 is 27.5 Å². The number of benzene rings is 2. The molecule has 5 nitrogen and oxygen atoms in total. The molecule has 0 amide bonds. The quantitative estimate of drug-likeness (QED) is 0.490. The van der Waals surface area contributed by atoms with E-state index in [9.17, 15) is 18.0 Å². The minimum atomic E-state index is -4.70. The Morgan fingerprint density at radius 1 is 1.21 bits per heavy atom. The first kappa shape index (κ1) is 21.1. The van der Waals surface area contributed by atoms with Crippen LogP contribution in [0.15, 0.2) is 67.3 Å². The largest absolute Gasteiger partial charge is 0.487 e. The number of hydrogen-bond donors (Lipinski definition) is 0. The van der Waals surface area contributed by atoms with Crippen molar-refractivity contribution >= 4 is 28.7 Å². The molecule has 1 aromatic heterocycles. The van der Waals surface area contributed by atoms with Gasteiger partial charge in [0.1, 0.15) is 23.9 Å². The first-order chi connectivity index (χ1) is 13.8. The zero-order valence-corrected chi connectivity index (χ0v) is 16.2. The highest BCUT2D eigenvalue weighted by Gasteiger charge is 2.43. The van der Waals surface area contributed by atoms with Gasteiger partial charge in [0.2, 0.25) is 0 Å². The zero-order valence-electron chi connectivity index (χ0n) is 14.7. The number of carbonyl (C=O) groups is 1. The van der Waals surface area contributed by atoms with Gasteiger partial charge in [-0.3, -0.25) is 0 Å².